The summed E-state index contributed by atoms with van der Waals surface area (Å²) in [5.74, 6) is 0.612. The van der Waals surface area contributed by atoms with Crippen molar-refractivity contribution >= 4 is 23.5 Å². The standard InChI is InChI=1S/C21H30N4O3/c1-3-28-20(27)17-10-13-24(14-11-17)21(22-2)23-15-19(26)25-12-6-8-16-7-4-5-9-18(16)25/h4-5,7,9,17H,3,6,8,10-15H2,1-2H3,(H,22,23). The van der Waals surface area contributed by atoms with E-state index in [1.807, 2.05) is 30.0 Å². The van der Waals surface area contributed by atoms with E-state index in [4.69, 9.17) is 4.74 Å². The number of nitrogens with zero attached hydrogens (tertiary/aromatic N) is 3. The number of aliphatic imine (C=N–C) groups is 1. The molecule has 0 bridgehead atoms. The van der Waals surface area contributed by atoms with Crippen molar-refractivity contribution in [1.82, 2.24) is 10.2 Å². The lowest BCUT2D eigenvalue weighted by atomic mass is 9.97. The Morgan fingerprint density at radius 2 is 1.96 bits per heavy atom. The summed E-state index contributed by atoms with van der Waals surface area (Å²) >= 11 is 0. The number of nitrogens with one attached hydrogen (secondary N) is 1. The van der Waals surface area contributed by atoms with Crippen molar-refractivity contribution in [3.63, 3.8) is 0 Å². The number of benzene rings is 1. The number of carbonyl (C=O) groups excluding carboxylic acids is 2. The molecule has 1 fully saturated rings. The van der Waals surface area contributed by atoms with Crippen molar-refractivity contribution in [1.29, 1.82) is 0 Å². The average Bonchev–Trinajstić information content (AvgIpc) is 2.74. The van der Waals surface area contributed by atoms with Crippen LogP contribution in [0.1, 0.15) is 31.7 Å². The Balaban J connectivity index is 1.53. The second-order valence-corrected chi connectivity index (χ2v) is 7.19. The number of rotatable bonds is 4. The normalized spacial score (nSPS) is 17.9. The lowest BCUT2D eigenvalue weighted by molar-refractivity contribution is -0.149. The van der Waals surface area contributed by atoms with Crippen LogP contribution in [-0.4, -0.2) is 62.6 Å². The van der Waals surface area contributed by atoms with Crippen LogP contribution in [0.25, 0.3) is 0 Å². The van der Waals surface area contributed by atoms with Crippen LogP contribution in [0.15, 0.2) is 29.3 Å². The molecule has 0 radical (unpaired) electrons. The van der Waals surface area contributed by atoms with E-state index in [0.29, 0.717) is 12.6 Å². The molecule has 1 N–H and O–H groups in total. The fourth-order valence-electron chi connectivity index (χ4n) is 3.96. The largest absolute Gasteiger partial charge is 0.466 e. The molecule has 0 unspecified atom stereocenters. The van der Waals surface area contributed by atoms with Gasteiger partial charge in [-0.05, 0) is 44.2 Å². The molecule has 0 aliphatic carbocycles. The van der Waals surface area contributed by atoms with Gasteiger partial charge in [0.2, 0.25) is 5.91 Å². The fraction of sp³-hybridized carbons (Fsp3) is 0.571. The zero-order valence-electron chi connectivity index (χ0n) is 16.8. The lowest BCUT2D eigenvalue weighted by Gasteiger charge is -2.34. The van der Waals surface area contributed by atoms with E-state index in [9.17, 15) is 9.59 Å². The highest BCUT2D eigenvalue weighted by Crippen LogP contribution is 2.26. The SMILES string of the molecule is CCOC(=O)C1CCN(C(=NC)NCC(=O)N2CCCc3ccccc32)CC1. The quantitative estimate of drug-likeness (QED) is 0.485. The molecule has 2 aliphatic heterocycles. The van der Waals surface area contributed by atoms with Crippen LogP contribution >= 0.6 is 0 Å². The van der Waals surface area contributed by atoms with Gasteiger partial charge < -0.3 is 19.9 Å². The number of hydrogen-bond acceptors (Lipinski definition) is 4. The average molecular weight is 386 g/mol. The highest BCUT2D eigenvalue weighted by Gasteiger charge is 2.28. The van der Waals surface area contributed by atoms with Crippen molar-refractivity contribution in [3.8, 4) is 0 Å². The number of likely N-dealkylation sites (tertiary alicyclic amines) is 1. The molecule has 28 heavy (non-hydrogen) atoms. The van der Waals surface area contributed by atoms with Crippen LogP contribution < -0.4 is 10.2 Å². The highest BCUT2D eigenvalue weighted by molar-refractivity contribution is 5.98. The summed E-state index contributed by atoms with van der Waals surface area (Å²) in [5.41, 5.74) is 2.25. The van der Waals surface area contributed by atoms with Gasteiger partial charge in [0.1, 0.15) is 0 Å². The van der Waals surface area contributed by atoms with Crippen LogP contribution in [-0.2, 0) is 20.7 Å². The first kappa shape index (κ1) is 20.2. The van der Waals surface area contributed by atoms with Crippen LogP contribution in [0.5, 0.6) is 0 Å². The molecule has 1 aromatic carbocycles. The second-order valence-electron chi connectivity index (χ2n) is 7.19. The summed E-state index contributed by atoms with van der Waals surface area (Å²) in [5, 5.41) is 3.20. The van der Waals surface area contributed by atoms with Crippen LogP contribution in [0, 0.1) is 5.92 Å². The van der Waals surface area contributed by atoms with Gasteiger partial charge in [-0.2, -0.15) is 0 Å². The maximum absolute atomic E-state index is 12.8. The molecule has 0 aromatic heterocycles. The Kier molecular flexibility index (Phi) is 6.90. The van der Waals surface area contributed by atoms with Gasteiger partial charge in [0.05, 0.1) is 19.1 Å². The summed E-state index contributed by atoms with van der Waals surface area (Å²) in [4.78, 5) is 33.0. The third-order valence-electron chi connectivity index (χ3n) is 5.44. The number of esters is 1. The Morgan fingerprint density at radius 3 is 2.68 bits per heavy atom. The molecule has 2 heterocycles. The molecule has 2 aliphatic rings. The summed E-state index contributed by atoms with van der Waals surface area (Å²) in [6.07, 6.45) is 3.49. The number of fused-ring (bicyclic) bond motifs is 1. The van der Waals surface area contributed by atoms with E-state index in [0.717, 1.165) is 51.0 Å². The summed E-state index contributed by atoms with van der Waals surface area (Å²) in [6, 6.07) is 8.10. The third-order valence-corrected chi connectivity index (χ3v) is 5.44. The molecule has 1 aromatic rings. The number of amides is 1. The molecule has 152 valence electrons. The summed E-state index contributed by atoms with van der Waals surface area (Å²) < 4.78 is 5.12. The van der Waals surface area contributed by atoms with E-state index in [1.165, 1.54) is 5.56 Å². The van der Waals surface area contributed by atoms with E-state index < -0.39 is 0 Å². The van der Waals surface area contributed by atoms with E-state index in [1.54, 1.807) is 7.05 Å². The predicted octanol–water partition coefficient (Wildman–Crippen LogP) is 1.82. The third kappa shape index (κ3) is 4.64. The highest BCUT2D eigenvalue weighted by atomic mass is 16.5. The predicted molar refractivity (Wildman–Crippen MR) is 109 cm³/mol. The maximum atomic E-state index is 12.8. The van der Waals surface area contributed by atoms with Crippen LogP contribution in [0.3, 0.4) is 0 Å². The smallest absolute Gasteiger partial charge is 0.309 e. The lowest BCUT2D eigenvalue weighted by Crippen LogP contribution is -2.50. The van der Waals surface area contributed by atoms with Crippen molar-refractivity contribution < 1.29 is 14.3 Å². The van der Waals surface area contributed by atoms with Crippen molar-refractivity contribution in [3.05, 3.63) is 29.8 Å². The molecule has 0 saturated carbocycles. The number of guanidine groups is 1. The molecule has 1 saturated heterocycles. The Bertz CT molecular complexity index is 726. The minimum atomic E-state index is -0.107. The van der Waals surface area contributed by atoms with Gasteiger partial charge in [0.15, 0.2) is 5.96 Å². The number of para-hydroxylation sites is 1. The van der Waals surface area contributed by atoms with Crippen molar-refractivity contribution in [2.75, 3.05) is 44.7 Å². The van der Waals surface area contributed by atoms with Crippen LogP contribution in [0.2, 0.25) is 0 Å². The van der Waals surface area contributed by atoms with E-state index in [-0.39, 0.29) is 24.3 Å². The monoisotopic (exact) mass is 386 g/mol. The number of aryl methyl sites for hydroxylation is 1. The van der Waals surface area contributed by atoms with Gasteiger partial charge in [-0.15, -0.1) is 0 Å². The maximum Gasteiger partial charge on any atom is 0.309 e. The molecule has 7 nitrogen and oxygen atoms in total. The summed E-state index contributed by atoms with van der Waals surface area (Å²) in [6.45, 7) is 4.66. The minimum absolute atomic E-state index is 0.0409. The summed E-state index contributed by atoms with van der Waals surface area (Å²) in [7, 11) is 1.72. The van der Waals surface area contributed by atoms with Gasteiger partial charge in [-0.1, -0.05) is 18.2 Å². The Labute approximate surface area is 166 Å². The van der Waals surface area contributed by atoms with Gasteiger partial charge >= 0.3 is 5.97 Å². The Morgan fingerprint density at radius 1 is 1.21 bits per heavy atom. The minimum Gasteiger partial charge on any atom is -0.466 e. The number of carbonyl (C=O) groups is 2. The molecular weight excluding hydrogens is 356 g/mol. The molecular formula is C21H30N4O3. The first-order valence-corrected chi connectivity index (χ1v) is 10.1. The molecule has 3 rings (SSSR count). The number of piperidine rings is 1. The molecule has 1 amide bonds. The van der Waals surface area contributed by atoms with Gasteiger partial charge in [0, 0.05) is 32.4 Å². The molecule has 0 atom stereocenters. The van der Waals surface area contributed by atoms with Gasteiger partial charge in [-0.3, -0.25) is 14.6 Å². The van der Waals surface area contributed by atoms with Gasteiger partial charge in [0.25, 0.3) is 0 Å². The molecule has 7 heteroatoms. The first-order valence-electron chi connectivity index (χ1n) is 10.1. The van der Waals surface area contributed by atoms with E-state index in [2.05, 4.69) is 21.3 Å². The van der Waals surface area contributed by atoms with Crippen LogP contribution in [0.4, 0.5) is 5.69 Å². The topological polar surface area (TPSA) is 74.2 Å². The van der Waals surface area contributed by atoms with Crippen molar-refractivity contribution in [2.45, 2.75) is 32.6 Å². The van der Waals surface area contributed by atoms with Crippen molar-refractivity contribution in [2.24, 2.45) is 10.9 Å². The van der Waals surface area contributed by atoms with E-state index >= 15 is 0 Å². The van der Waals surface area contributed by atoms with Gasteiger partial charge in [-0.25, -0.2) is 0 Å². The zero-order chi connectivity index (χ0) is 19.9. The number of hydrogen-bond donors (Lipinski definition) is 1. The number of anilines is 1. The fourth-order valence-corrected chi connectivity index (χ4v) is 3.96. The Hall–Kier alpha value is -2.57. The molecule has 0 spiro atoms. The first-order chi connectivity index (χ1) is 13.6. The second kappa shape index (κ2) is 9.57. The zero-order valence-corrected chi connectivity index (χ0v) is 16.8. The number of ether oxygens (including phenoxy) is 1.